The van der Waals surface area contributed by atoms with E-state index < -0.39 is 15.9 Å². The van der Waals surface area contributed by atoms with E-state index in [1.165, 1.54) is 18.3 Å². The van der Waals surface area contributed by atoms with E-state index in [4.69, 9.17) is 11.6 Å². The standard InChI is InChI=1S/C25H22ClNO3S/c1-18-7-13-23(14-8-18)31(29,30)27-17-21(15-19-5-3-2-4-6-19)24(16-25(27)28)20-9-11-22(26)12-10-20/h2-14,17,24H,15-16H2,1H3/t24-/m1/s1. The van der Waals surface area contributed by atoms with Crippen molar-refractivity contribution < 1.29 is 13.2 Å². The van der Waals surface area contributed by atoms with Gasteiger partial charge in [0.25, 0.3) is 10.0 Å². The minimum atomic E-state index is -3.98. The molecule has 0 aliphatic carbocycles. The van der Waals surface area contributed by atoms with Crippen molar-refractivity contribution in [2.45, 2.75) is 30.6 Å². The molecule has 158 valence electrons. The number of halogens is 1. The van der Waals surface area contributed by atoms with Gasteiger partial charge in [0, 0.05) is 23.6 Å². The summed E-state index contributed by atoms with van der Waals surface area (Å²) in [7, 11) is -3.98. The van der Waals surface area contributed by atoms with E-state index in [0.29, 0.717) is 11.4 Å². The molecule has 1 heterocycles. The number of hydrogen-bond acceptors (Lipinski definition) is 3. The molecule has 6 heteroatoms. The number of hydrogen-bond donors (Lipinski definition) is 0. The van der Waals surface area contributed by atoms with Crippen molar-refractivity contribution in [1.29, 1.82) is 0 Å². The van der Waals surface area contributed by atoms with E-state index in [-0.39, 0.29) is 17.2 Å². The number of carbonyl (C=O) groups is 1. The average molecular weight is 452 g/mol. The van der Waals surface area contributed by atoms with E-state index in [9.17, 15) is 13.2 Å². The molecule has 0 aromatic heterocycles. The summed E-state index contributed by atoms with van der Waals surface area (Å²) in [6.07, 6.45) is 2.13. The van der Waals surface area contributed by atoms with Crippen molar-refractivity contribution in [3.05, 3.63) is 112 Å². The number of sulfonamides is 1. The predicted molar refractivity (Wildman–Crippen MR) is 122 cm³/mol. The summed E-state index contributed by atoms with van der Waals surface area (Å²) in [5.74, 6) is -0.660. The van der Waals surface area contributed by atoms with Crippen LogP contribution in [0, 0.1) is 6.92 Å². The first-order valence-electron chi connectivity index (χ1n) is 9.98. The molecule has 0 radical (unpaired) electrons. The second-order valence-electron chi connectivity index (χ2n) is 7.68. The molecule has 1 aliphatic rings. The maximum absolute atomic E-state index is 13.2. The van der Waals surface area contributed by atoms with Gasteiger partial charge < -0.3 is 0 Å². The van der Waals surface area contributed by atoms with E-state index in [0.717, 1.165) is 26.6 Å². The largest absolute Gasteiger partial charge is 0.273 e. The van der Waals surface area contributed by atoms with Crippen molar-refractivity contribution in [2.75, 3.05) is 0 Å². The van der Waals surface area contributed by atoms with Crippen LogP contribution in [0.5, 0.6) is 0 Å². The molecule has 0 saturated heterocycles. The lowest BCUT2D eigenvalue weighted by Gasteiger charge is -2.31. The maximum atomic E-state index is 13.2. The molecule has 0 unspecified atom stereocenters. The molecule has 1 atom stereocenters. The van der Waals surface area contributed by atoms with Crippen LogP contribution in [0.25, 0.3) is 0 Å². The zero-order chi connectivity index (χ0) is 22.0. The van der Waals surface area contributed by atoms with Gasteiger partial charge in [-0.3, -0.25) is 4.79 Å². The SMILES string of the molecule is Cc1ccc(S(=O)(=O)N2C=C(Cc3ccccc3)[C@@H](c3ccc(Cl)cc3)CC2=O)cc1. The zero-order valence-corrected chi connectivity index (χ0v) is 18.6. The summed E-state index contributed by atoms with van der Waals surface area (Å²) >= 11 is 6.04. The lowest BCUT2D eigenvalue weighted by atomic mass is 9.83. The van der Waals surface area contributed by atoms with Gasteiger partial charge >= 0.3 is 0 Å². The fraction of sp³-hybridized carbons (Fsp3) is 0.160. The topological polar surface area (TPSA) is 54.5 Å². The number of rotatable bonds is 5. The fourth-order valence-electron chi connectivity index (χ4n) is 3.76. The van der Waals surface area contributed by atoms with Gasteiger partial charge in [0.15, 0.2) is 0 Å². The average Bonchev–Trinajstić information content (AvgIpc) is 2.76. The summed E-state index contributed by atoms with van der Waals surface area (Å²) in [6.45, 7) is 1.89. The third kappa shape index (κ3) is 4.58. The van der Waals surface area contributed by atoms with Gasteiger partial charge in [-0.1, -0.05) is 71.8 Å². The van der Waals surface area contributed by atoms with E-state index >= 15 is 0 Å². The van der Waals surface area contributed by atoms with Crippen LogP contribution >= 0.6 is 11.6 Å². The smallest absolute Gasteiger partial charge is 0.270 e. The Hall–Kier alpha value is -2.89. The monoisotopic (exact) mass is 451 g/mol. The Bertz CT molecular complexity index is 1220. The van der Waals surface area contributed by atoms with Gasteiger partial charge in [-0.2, -0.15) is 0 Å². The van der Waals surface area contributed by atoms with Gasteiger partial charge in [-0.25, -0.2) is 12.7 Å². The quantitative estimate of drug-likeness (QED) is 0.516. The first-order valence-corrected chi connectivity index (χ1v) is 11.8. The molecule has 0 saturated carbocycles. The molecular formula is C25H22ClNO3S. The number of carbonyl (C=O) groups excluding carboxylic acids is 1. The van der Waals surface area contributed by atoms with Crippen LogP contribution in [0.1, 0.15) is 29.0 Å². The Morgan fingerprint density at radius 2 is 1.58 bits per heavy atom. The van der Waals surface area contributed by atoms with E-state index in [1.54, 1.807) is 24.3 Å². The molecule has 0 bridgehead atoms. The van der Waals surface area contributed by atoms with Gasteiger partial charge in [0.2, 0.25) is 5.91 Å². The predicted octanol–water partition coefficient (Wildman–Crippen LogP) is 5.48. The van der Waals surface area contributed by atoms with Crippen LogP contribution in [0.2, 0.25) is 5.02 Å². The summed E-state index contributed by atoms with van der Waals surface area (Å²) in [5, 5.41) is 0.614. The minimum absolute atomic E-state index is 0.0748. The highest BCUT2D eigenvalue weighted by atomic mass is 35.5. The lowest BCUT2D eigenvalue weighted by Crippen LogP contribution is -2.37. The van der Waals surface area contributed by atoms with E-state index in [1.807, 2.05) is 49.4 Å². The van der Waals surface area contributed by atoms with Crippen molar-refractivity contribution >= 4 is 27.5 Å². The molecular weight excluding hydrogens is 430 g/mol. The Balaban J connectivity index is 1.77. The molecule has 1 amide bonds. The fourth-order valence-corrected chi connectivity index (χ4v) is 5.21. The van der Waals surface area contributed by atoms with Crippen molar-refractivity contribution in [3.63, 3.8) is 0 Å². The summed E-state index contributed by atoms with van der Waals surface area (Å²) in [6, 6.07) is 23.7. The molecule has 1 aliphatic heterocycles. The number of allylic oxidation sites excluding steroid dienone is 1. The van der Waals surface area contributed by atoms with Crippen LogP contribution in [-0.4, -0.2) is 18.6 Å². The molecule has 0 fully saturated rings. The van der Waals surface area contributed by atoms with Crippen molar-refractivity contribution in [1.82, 2.24) is 4.31 Å². The molecule has 4 rings (SSSR count). The highest BCUT2D eigenvalue weighted by Crippen LogP contribution is 2.37. The molecule has 0 spiro atoms. The van der Waals surface area contributed by atoms with Gasteiger partial charge in [-0.05, 0) is 54.3 Å². The van der Waals surface area contributed by atoms with Crippen LogP contribution in [0.15, 0.2) is 95.5 Å². The normalized spacial score (nSPS) is 16.8. The van der Waals surface area contributed by atoms with Gasteiger partial charge in [0.05, 0.1) is 4.90 Å². The highest BCUT2D eigenvalue weighted by Gasteiger charge is 2.35. The summed E-state index contributed by atoms with van der Waals surface area (Å²) in [4.78, 5) is 13.1. The summed E-state index contributed by atoms with van der Waals surface area (Å²) < 4.78 is 27.4. The van der Waals surface area contributed by atoms with Crippen LogP contribution < -0.4 is 0 Å². The number of benzene rings is 3. The van der Waals surface area contributed by atoms with Crippen LogP contribution in [0.3, 0.4) is 0 Å². The molecule has 4 nitrogen and oxygen atoms in total. The molecule has 0 N–H and O–H groups in total. The minimum Gasteiger partial charge on any atom is -0.273 e. The molecule has 31 heavy (non-hydrogen) atoms. The molecule has 3 aromatic carbocycles. The number of nitrogens with zero attached hydrogens (tertiary/aromatic N) is 1. The van der Waals surface area contributed by atoms with Crippen LogP contribution in [-0.2, 0) is 21.2 Å². The van der Waals surface area contributed by atoms with Gasteiger partial charge in [-0.15, -0.1) is 0 Å². The third-order valence-electron chi connectivity index (χ3n) is 5.46. The number of amides is 1. The Morgan fingerprint density at radius 3 is 2.23 bits per heavy atom. The first-order chi connectivity index (χ1) is 14.8. The second-order valence-corrected chi connectivity index (χ2v) is 9.93. The Kier molecular flexibility index (Phi) is 5.99. The number of aryl methyl sites for hydroxylation is 1. The second kappa shape index (κ2) is 8.69. The maximum Gasteiger partial charge on any atom is 0.270 e. The first kappa shape index (κ1) is 21.3. The van der Waals surface area contributed by atoms with Crippen LogP contribution in [0.4, 0.5) is 0 Å². The molecule has 3 aromatic rings. The Labute approximate surface area is 187 Å². The van der Waals surface area contributed by atoms with Gasteiger partial charge in [0.1, 0.15) is 0 Å². The lowest BCUT2D eigenvalue weighted by molar-refractivity contribution is -0.125. The zero-order valence-electron chi connectivity index (χ0n) is 17.0. The van der Waals surface area contributed by atoms with Crippen molar-refractivity contribution in [2.24, 2.45) is 0 Å². The third-order valence-corrected chi connectivity index (χ3v) is 7.40. The highest BCUT2D eigenvalue weighted by molar-refractivity contribution is 7.89. The van der Waals surface area contributed by atoms with E-state index in [2.05, 4.69) is 0 Å². The summed E-state index contributed by atoms with van der Waals surface area (Å²) in [5.41, 5.74) is 3.80. The van der Waals surface area contributed by atoms with Crippen molar-refractivity contribution in [3.8, 4) is 0 Å². The Morgan fingerprint density at radius 1 is 0.935 bits per heavy atom.